The summed E-state index contributed by atoms with van der Waals surface area (Å²) in [5, 5.41) is 3.84. The van der Waals surface area contributed by atoms with Gasteiger partial charge in [-0.05, 0) is 42.5 Å². The molecule has 106 valence electrons. The molecule has 0 saturated heterocycles. The highest BCUT2D eigenvalue weighted by Gasteiger charge is 2.08. The van der Waals surface area contributed by atoms with Gasteiger partial charge in [-0.1, -0.05) is 22.0 Å². The lowest BCUT2D eigenvalue weighted by molar-refractivity contribution is -0.116. The first-order chi connectivity index (χ1) is 10.1. The SMILES string of the molecule is Nc1cccc2c1ccn2CC(=O)Nc1ccc(Br)cc1. The molecular weight excluding hydrogens is 330 g/mol. The molecule has 1 amide bonds. The van der Waals surface area contributed by atoms with E-state index in [2.05, 4.69) is 21.2 Å². The van der Waals surface area contributed by atoms with Gasteiger partial charge in [0.05, 0.1) is 5.52 Å². The number of halogens is 1. The Bertz CT molecular complexity index is 793. The molecule has 5 heteroatoms. The van der Waals surface area contributed by atoms with Gasteiger partial charge in [0, 0.05) is 27.4 Å². The van der Waals surface area contributed by atoms with Gasteiger partial charge in [-0.3, -0.25) is 4.79 Å². The molecule has 3 aromatic rings. The van der Waals surface area contributed by atoms with E-state index in [1.807, 2.05) is 59.3 Å². The Hall–Kier alpha value is -2.27. The average molecular weight is 344 g/mol. The molecule has 1 heterocycles. The van der Waals surface area contributed by atoms with Crippen molar-refractivity contribution in [2.24, 2.45) is 0 Å². The van der Waals surface area contributed by atoms with Crippen LogP contribution in [0.4, 0.5) is 11.4 Å². The molecular formula is C16H14BrN3O. The number of amides is 1. The van der Waals surface area contributed by atoms with Crippen molar-refractivity contribution in [3.63, 3.8) is 0 Å². The molecule has 2 aromatic carbocycles. The number of fused-ring (bicyclic) bond motifs is 1. The van der Waals surface area contributed by atoms with Crippen LogP contribution in [0.2, 0.25) is 0 Å². The van der Waals surface area contributed by atoms with Gasteiger partial charge in [0.2, 0.25) is 5.91 Å². The Balaban J connectivity index is 1.77. The number of anilines is 2. The van der Waals surface area contributed by atoms with E-state index in [1.54, 1.807) is 0 Å². The number of nitrogen functional groups attached to an aromatic ring is 1. The van der Waals surface area contributed by atoms with Crippen LogP contribution in [0.25, 0.3) is 10.9 Å². The van der Waals surface area contributed by atoms with Crippen LogP contribution in [0.5, 0.6) is 0 Å². The number of carbonyl (C=O) groups excluding carboxylic acids is 1. The smallest absolute Gasteiger partial charge is 0.244 e. The molecule has 0 aliphatic rings. The van der Waals surface area contributed by atoms with Crippen molar-refractivity contribution in [3.8, 4) is 0 Å². The quantitative estimate of drug-likeness (QED) is 0.713. The Morgan fingerprint density at radius 3 is 2.67 bits per heavy atom. The summed E-state index contributed by atoms with van der Waals surface area (Å²) in [7, 11) is 0. The van der Waals surface area contributed by atoms with E-state index in [0.717, 1.165) is 26.8 Å². The summed E-state index contributed by atoms with van der Waals surface area (Å²) in [6.07, 6.45) is 1.88. The molecule has 0 aliphatic heterocycles. The number of hydrogen-bond acceptors (Lipinski definition) is 2. The van der Waals surface area contributed by atoms with E-state index in [-0.39, 0.29) is 12.5 Å². The highest BCUT2D eigenvalue weighted by molar-refractivity contribution is 9.10. The molecule has 0 aliphatic carbocycles. The van der Waals surface area contributed by atoms with Crippen molar-refractivity contribution in [1.29, 1.82) is 0 Å². The van der Waals surface area contributed by atoms with Crippen molar-refractivity contribution < 1.29 is 4.79 Å². The van der Waals surface area contributed by atoms with Crippen molar-refractivity contribution in [2.75, 3.05) is 11.1 Å². The first-order valence-electron chi connectivity index (χ1n) is 6.52. The minimum Gasteiger partial charge on any atom is -0.398 e. The van der Waals surface area contributed by atoms with Crippen LogP contribution in [-0.2, 0) is 11.3 Å². The summed E-state index contributed by atoms with van der Waals surface area (Å²) in [4.78, 5) is 12.1. The lowest BCUT2D eigenvalue weighted by atomic mass is 10.2. The standard InChI is InChI=1S/C16H14BrN3O/c17-11-4-6-12(7-5-11)19-16(21)10-20-9-8-13-14(18)2-1-3-15(13)20/h1-9H,10,18H2,(H,19,21). The molecule has 0 bridgehead atoms. The number of carbonyl (C=O) groups is 1. The van der Waals surface area contributed by atoms with E-state index in [4.69, 9.17) is 5.73 Å². The molecule has 0 atom stereocenters. The van der Waals surface area contributed by atoms with Crippen LogP contribution >= 0.6 is 15.9 Å². The monoisotopic (exact) mass is 343 g/mol. The second-order valence-corrected chi connectivity index (χ2v) is 5.69. The van der Waals surface area contributed by atoms with E-state index in [1.165, 1.54) is 0 Å². The topological polar surface area (TPSA) is 60.0 Å². The van der Waals surface area contributed by atoms with Gasteiger partial charge >= 0.3 is 0 Å². The minimum absolute atomic E-state index is 0.0720. The first kappa shape index (κ1) is 13.7. The van der Waals surface area contributed by atoms with Gasteiger partial charge < -0.3 is 15.6 Å². The Labute approximate surface area is 130 Å². The van der Waals surface area contributed by atoms with Gasteiger partial charge in [-0.2, -0.15) is 0 Å². The Kier molecular flexibility index (Phi) is 3.66. The zero-order chi connectivity index (χ0) is 14.8. The predicted molar refractivity (Wildman–Crippen MR) is 89.1 cm³/mol. The molecule has 3 rings (SSSR count). The molecule has 1 aromatic heterocycles. The average Bonchev–Trinajstić information content (AvgIpc) is 2.86. The van der Waals surface area contributed by atoms with Crippen LogP contribution in [-0.4, -0.2) is 10.5 Å². The molecule has 21 heavy (non-hydrogen) atoms. The maximum atomic E-state index is 12.1. The summed E-state index contributed by atoms with van der Waals surface area (Å²) in [5.41, 5.74) is 8.38. The molecule has 0 spiro atoms. The van der Waals surface area contributed by atoms with Crippen LogP contribution < -0.4 is 11.1 Å². The number of benzene rings is 2. The second kappa shape index (κ2) is 5.61. The maximum Gasteiger partial charge on any atom is 0.244 e. The van der Waals surface area contributed by atoms with E-state index in [9.17, 15) is 4.79 Å². The molecule has 0 radical (unpaired) electrons. The number of hydrogen-bond donors (Lipinski definition) is 2. The van der Waals surface area contributed by atoms with Crippen molar-refractivity contribution in [2.45, 2.75) is 6.54 Å². The number of nitrogens with two attached hydrogens (primary N) is 1. The fourth-order valence-electron chi connectivity index (χ4n) is 2.27. The van der Waals surface area contributed by atoms with Crippen molar-refractivity contribution in [1.82, 2.24) is 4.57 Å². The van der Waals surface area contributed by atoms with Crippen LogP contribution in [0.3, 0.4) is 0 Å². The maximum absolute atomic E-state index is 12.1. The summed E-state index contributed by atoms with van der Waals surface area (Å²) < 4.78 is 2.87. The fourth-order valence-corrected chi connectivity index (χ4v) is 2.54. The second-order valence-electron chi connectivity index (χ2n) is 4.78. The zero-order valence-corrected chi connectivity index (χ0v) is 12.8. The van der Waals surface area contributed by atoms with Crippen LogP contribution in [0.1, 0.15) is 0 Å². The molecule has 0 saturated carbocycles. The Morgan fingerprint density at radius 1 is 1.14 bits per heavy atom. The van der Waals surface area contributed by atoms with E-state index < -0.39 is 0 Å². The molecule has 0 fully saturated rings. The lowest BCUT2D eigenvalue weighted by Crippen LogP contribution is -2.18. The number of rotatable bonds is 3. The summed E-state index contributed by atoms with van der Waals surface area (Å²) >= 11 is 3.37. The zero-order valence-electron chi connectivity index (χ0n) is 11.2. The van der Waals surface area contributed by atoms with E-state index >= 15 is 0 Å². The third-order valence-electron chi connectivity index (χ3n) is 3.29. The normalized spacial score (nSPS) is 10.7. The van der Waals surface area contributed by atoms with Gasteiger partial charge in [0.15, 0.2) is 0 Å². The van der Waals surface area contributed by atoms with E-state index in [0.29, 0.717) is 0 Å². The highest BCUT2D eigenvalue weighted by Crippen LogP contribution is 2.22. The van der Waals surface area contributed by atoms with Gasteiger partial charge in [-0.15, -0.1) is 0 Å². The summed E-state index contributed by atoms with van der Waals surface area (Å²) in [6, 6.07) is 15.1. The third kappa shape index (κ3) is 2.92. The number of nitrogens with zero attached hydrogens (tertiary/aromatic N) is 1. The minimum atomic E-state index is -0.0720. The number of nitrogens with one attached hydrogen (secondary N) is 1. The number of aromatic nitrogens is 1. The first-order valence-corrected chi connectivity index (χ1v) is 7.31. The third-order valence-corrected chi connectivity index (χ3v) is 3.82. The van der Waals surface area contributed by atoms with Gasteiger partial charge in [-0.25, -0.2) is 0 Å². The summed E-state index contributed by atoms with van der Waals surface area (Å²) in [5.74, 6) is -0.0720. The predicted octanol–water partition coefficient (Wildman–Crippen LogP) is 3.62. The van der Waals surface area contributed by atoms with Crippen molar-refractivity contribution in [3.05, 3.63) is 59.2 Å². The van der Waals surface area contributed by atoms with Crippen LogP contribution in [0.15, 0.2) is 59.2 Å². The fraction of sp³-hybridized carbons (Fsp3) is 0.0625. The highest BCUT2D eigenvalue weighted by atomic mass is 79.9. The van der Waals surface area contributed by atoms with Crippen molar-refractivity contribution >= 4 is 44.1 Å². The van der Waals surface area contributed by atoms with Gasteiger partial charge in [0.25, 0.3) is 0 Å². The molecule has 3 N–H and O–H groups in total. The Morgan fingerprint density at radius 2 is 1.90 bits per heavy atom. The van der Waals surface area contributed by atoms with Gasteiger partial charge in [0.1, 0.15) is 6.54 Å². The summed E-state index contributed by atoms with van der Waals surface area (Å²) in [6.45, 7) is 0.253. The largest absolute Gasteiger partial charge is 0.398 e. The van der Waals surface area contributed by atoms with Crippen LogP contribution in [0, 0.1) is 0 Å². The lowest BCUT2D eigenvalue weighted by Gasteiger charge is -2.08. The molecule has 4 nitrogen and oxygen atoms in total. The molecule has 0 unspecified atom stereocenters.